The van der Waals surface area contributed by atoms with Gasteiger partial charge in [-0.2, -0.15) is 0 Å². The fourth-order valence-electron chi connectivity index (χ4n) is 1.85. The van der Waals surface area contributed by atoms with E-state index in [4.69, 9.17) is 5.11 Å². The lowest BCUT2D eigenvalue weighted by molar-refractivity contribution is -0.138. The minimum Gasteiger partial charge on any atom is -0.481 e. The second-order valence-corrected chi connectivity index (χ2v) is 5.64. The number of anilines is 1. The molecule has 2 N–H and O–H groups in total. The smallest absolute Gasteiger partial charge is 0.310 e. The summed E-state index contributed by atoms with van der Waals surface area (Å²) in [5.41, 5.74) is 1.28. The summed E-state index contributed by atoms with van der Waals surface area (Å²) in [6.07, 6.45) is 2.68. The first-order valence-corrected chi connectivity index (χ1v) is 7.45. The number of aliphatic carboxylic acids is 1. The lowest BCUT2D eigenvalue weighted by Crippen LogP contribution is -2.13. The van der Waals surface area contributed by atoms with E-state index in [0.29, 0.717) is 24.1 Å². The van der Waals surface area contributed by atoms with E-state index in [-0.39, 0.29) is 5.91 Å². The van der Waals surface area contributed by atoms with E-state index in [1.807, 2.05) is 5.38 Å². The Bertz CT molecular complexity index is 626. The van der Waals surface area contributed by atoms with Gasteiger partial charge in [0.2, 0.25) is 5.91 Å². The highest BCUT2D eigenvalue weighted by atomic mass is 32.1. The van der Waals surface area contributed by atoms with E-state index in [0.717, 1.165) is 5.01 Å². The third-order valence-corrected chi connectivity index (χ3v) is 3.93. The van der Waals surface area contributed by atoms with Crippen LogP contribution in [0.25, 0.3) is 0 Å². The summed E-state index contributed by atoms with van der Waals surface area (Å²) in [4.78, 5) is 27.0. The van der Waals surface area contributed by atoms with Crippen molar-refractivity contribution in [3.05, 3.63) is 46.4 Å². The summed E-state index contributed by atoms with van der Waals surface area (Å²) in [5.74, 6) is -1.59. The van der Waals surface area contributed by atoms with E-state index in [1.165, 1.54) is 11.3 Å². The van der Waals surface area contributed by atoms with Gasteiger partial charge in [-0.05, 0) is 24.6 Å². The molecule has 0 aliphatic carbocycles. The largest absolute Gasteiger partial charge is 0.481 e. The fraction of sp³-hybridized carbons (Fsp3) is 0.267. The van der Waals surface area contributed by atoms with Crippen LogP contribution in [0.1, 0.15) is 29.8 Å². The summed E-state index contributed by atoms with van der Waals surface area (Å²) >= 11 is 1.52. The number of aryl methyl sites for hydroxylation is 1. The molecule has 6 heteroatoms. The van der Waals surface area contributed by atoms with Crippen molar-refractivity contribution in [1.82, 2.24) is 4.98 Å². The van der Waals surface area contributed by atoms with Gasteiger partial charge in [0, 0.05) is 30.1 Å². The maximum Gasteiger partial charge on any atom is 0.310 e. The molecule has 21 heavy (non-hydrogen) atoms. The van der Waals surface area contributed by atoms with Crippen LogP contribution >= 0.6 is 11.3 Å². The Hall–Kier alpha value is -2.21. The van der Waals surface area contributed by atoms with Gasteiger partial charge in [-0.15, -0.1) is 11.3 Å². The number of nitrogens with one attached hydrogen (secondary N) is 1. The standard InChI is InChI=1S/C15H16N2O3S/c1-10(15(19)20)11-3-2-4-12(9-11)17-13(18)5-6-14-16-7-8-21-14/h2-4,7-10H,5-6H2,1H3,(H,17,18)(H,19,20). The van der Waals surface area contributed by atoms with Crippen LogP contribution in [0, 0.1) is 0 Å². The van der Waals surface area contributed by atoms with Crippen LogP contribution in [0.15, 0.2) is 35.8 Å². The molecule has 0 saturated carbocycles. The van der Waals surface area contributed by atoms with E-state index >= 15 is 0 Å². The number of carboxylic acid groups (broad SMARTS) is 1. The highest BCUT2D eigenvalue weighted by molar-refractivity contribution is 7.09. The van der Waals surface area contributed by atoms with Gasteiger partial charge in [0.1, 0.15) is 0 Å². The van der Waals surface area contributed by atoms with E-state index < -0.39 is 11.9 Å². The van der Waals surface area contributed by atoms with Crippen molar-refractivity contribution in [2.45, 2.75) is 25.7 Å². The number of amides is 1. The van der Waals surface area contributed by atoms with Crippen molar-refractivity contribution in [2.24, 2.45) is 0 Å². The molecule has 0 bridgehead atoms. The zero-order valence-corrected chi connectivity index (χ0v) is 12.4. The molecule has 110 valence electrons. The molecule has 1 atom stereocenters. The monoisotopic (exact) mass is 304 g/mol. The summed E-state index contributed by atoms with van der Waals surface area (Å²) in [7, 11) is 0. The Kier molecular flexibility index (Phi) is 5.05. The second kappa shape index (κ2) is 6.99. The topological polar surface area (TPSA) is 79.3 Å². The first kappa shape index (κ1) is 15.2. The molecule has 0 spiro atoms. The highest BCUT2D eigenvalue weighted by Crippen LogP contribution is 2.19. The Morgan fingerprint density at radius 2 is 2.24 bits per heavy atom. The predicted molar refractivity (Wildman–Crippen MR) is 81.6 cm³/mol. The molecular formula is C15H16N2O3S. The molecule has 1 amide bonds. The molecule has 0 radical (unpaired) electrons. The molecule has 0 fully saturated rings. The summed E-state index contributed by atoms with van der Waals surface area (Å²) in [6, 6.07) is 6.93. The zero-order valence-electron chi connectivity index (χ0n) is 11.6. The van der Waals surface area contributed by atoms with Crippen molar-refractivity contribution in [3.8, 4) is 0 Å². The first-order chi connectivity index (χ1) is 10.1. The van der Waals surface area contributed by atoms with Gasteiger partial charge >= 0.3 is 5.97 Å². The second-order valence-electron chi connectivity index (χ2n) is 4.66. The highest BCUT2D eigenvalue weighted by Gasteiger charge is 2.14. The number of benzene rings is 1. The third kappa shape index (κ3) is 4.39. The number of carboxylic acids is 1. The minimum absolute atomic E-state index is 0.106. The molecular weight excluding hydrogens is 288 g/mol. The number of nitrogens with zero attached hydrogens (tertiary/aromatic N) is 1. The van der Waals surface area contributed by atoms with Crippen LogP contribution in [0.4, 0.5) is 5.69 Å². The summed E-state index contributed by atoms with van der Waals surface area (Å²) < 4.78 is 0. The van der Waals surface area contributed by atoms with Gasteiger partial charge in [0.05, 0.1) is 10.9 Å². The van der Waals surface area contributed by atoms with Gasteiger partial charge in [-0.1, -0.05) is 12.1 Å². The van der Waals surface area contributed by atoms with Crippen molar-refractivity contribution >= 4 is 28.9 Å². The maximum absolute atomic E-state index is 11.9. The molecule has 0 aliphatic heterocycles. The molecule has 1 heterocycles. The number of carbonyl (C=O) groups excluding carboxylic acids is 1. The fourth-order valence-corrected chi connectivity index (χ4v) is 2.47. The average molecular weight is 304 g/mol. The van der Waals surface area contributed by atoms with Crippen molar-refractivity contribution in [1.29, 1.82) is 0 Å². The number of thiazole rings is 1. The Morgan fingerprint density at radius 1 is 1.43 bits per heavy atom. The molecule has 5 nitrogen and oxygen atoms in total. The minimum atomic E-state index is -0.887. The number of aromatic nitrogens is 1. The van der Waals surface area contributed by atoms with Crippen LogP contribution < -0.4 is 5.32 Å². The van der Waals surface area contributed by atoms with E-state index in [9.17, 15) is 9.59 Å². The van der Waals surface area contributed by atoms with Crippen LogP contribution in [0.5, 0.6) is 0 Å². The van der Waals surface area contributed by atoms with Crippen LogP contribution in [-0.4, -0.2) is 22.0 Å². The SMILES string of the molecule is CC(C(=O)O)c1cccc(NC(=O)CCc2nccs2)c1. The van der Waals surface area contributed by atoms with Crippen LogP contribution in [0.2, 0.25) is 0 Å². The van der Waals surface area contributed by atoms with Gasteiger partial charge < -0.3 is 10.4 Å². The molecule has 0 saturated heterocycles. The quantitative estimate of drug-likeness (QED) is 0.860. The number of hydrogen-bond acceptors (Lipinski definition) is 4. The van der Waals surface area contributed by atoms with Gasteiger partial charge in [-0.3, -0.25) is 9.59 Å². The Balaban J connectivity index is 1.94. The van der Waals surface area contributed by atoms with Crippen LogP contribution in [-0.2, 0) is 16.0 Å². The van der Waals surface area contributed by atoms with Crippen molar-refractivity contribution in [2.75, 3.05) is 5.32 Å². The molecule has 1 unspecified atom stereocenters. The van der Waals surface area contributed by atoms with Crippen molar-refractivity contribution in [3.63, 3.8) is 0 Å². The first-order valence-electron chi connectivity index (χ1n) is 6.57. The summed E-state index contributed by atoms with van der Waals surface area (Å²) in [6.45, 7) is 1.62. The summed E-state index contributed by atoms with van der Waals surface area (Å²) in [5, 5.41) is 14.6. The van der Waals surface area contributed by atoms with E-state index in [1.54, 1.807) is 37.4 Å². The Labute approximate surface area is 126 Å². The third-order valence-electron chi connectivity index (χ3n) is 3.09. The predicted octanol–water partition coefficient (Wildman–Crippen LogP) is 2.90. The molecule has 0 aliphatic rings. The zero-order chi connectivity index (χ0) is 15.2. The van der Waals surface area contributed by atoms with Crippen LogP contribution in [0.3, 0.4) is 0 Å². The van der Waals surface area contributed by atoms with Crippen molar-refractivity contribution < 1.29 is 14.7 Å². The molecule has 1 aromatic carbocycles. The van der Waals surface area contributed by atoms with E-state index in [2.05, 4.69) is 10.3 Å². The number of hydrogen-bond donors (Lipinski definition) is 2. The maximum atomic E-state index is 11.9. The normalized spacial score (nSPS) is 11.9. The molecule has 2 aromatic rings. The molecule has 1 aromatic heterocycles. The molecule has 2 rings (SSSR count). The lowest BCUT2D eigenvalue weighted by Gasteiger charge is -2.10. The lowest BCUT2D eigenvalue weighted by atomic mass is 10.0. The van der Waals surface area contributed by atoms with Gasteiger partial charge in [-0.25, -0.2) is 4.98 Å². The number of carbonyl (C=O) groups is 2. The Morgan fingerprint density at radius 3 is 2.90 bits per heavy atom. The average Bonchev–Trinajstić information content (AvgIpc) is 2.98. The number of rotatable bonds is 6. The van der Waals surface area contributed by atoms with Gasteiger partial charge in [0.15, 0.2) is 0 Å². The van der Waals surface area contributed by atoms with Gasteiger partial charge in [0.25, 0.3) is 0 Å².